The monoisotopic (exact) mass is 376 g/mol. The third-order valence-electron chi connectivity index (χ3n) is 4.32. The maximum absolute atomic E-state index is 12.6. The first kappa shape index (κ1) is 19.8. The van der Waals surface area contributed by atoms with Crippen LogP contribution in [0.5, 0.6) is 0 Å². The molecule has 3 rings (SSSR count). The van der Waals surface area contributed by atoms with E-state index in [1.807, 2.05) is 34.9 Å². The highest BCUT2D eigenvalue weighted by atomic mass is 35.5. The van der Waals surface area contributed by atoms with Gasteiger partial charge in [0.15, 0.2) is 0 Å². The van der Waals surface area contributed by atoms with Crippen LogP contribution in [0.3, 0.4) is 0 Å². The fourth-order valence-electron chi connectivity index (χ4n) is 2.87. The van der Waals surface area contributed by atoms with Crippen molar-refractivity contribution in [1.29, 1.82) is 0 Å². The van der Waals surface area contributed by atoms with Crippen molar-refractivity contribution >= 4 is 30.1 Å². The minimum absolute atomic E-state index is 0. The molecule has 1 fully saturated rings. The summed E-state index contributed by atoms with van der Waals surface area (Å²) in [6, 6.07) is 14.6. The van der Waals surface area contributed by atoms with Crippen LogP contribution >= 0.6 is 24.2 Å². The van der Waals surface area contributed by atoms with Gasteiger partial charge >= 0.3 is 0 Å². The van der Waals surface area contributed by atoms with Gasteiger partial charge in [0.1, 0.15) is 0 Å². The van der Waals surface area contributed by atoms with E-state index in [0.29, 0.717) is 0 Å². The number of halogens is 1. The molecule has 0 bridgehead atoms. The number of amides is 1. The molecule has 0 spiro atoms. The molecule has 0 atom stereocenters. The number of nitrogens with one attached hydrogen (secondary N) is 1. The second kappa shape index (κ2) is 9.27. The molecule has 2 aromatic rings. The minimum atomic E-state index is 0. The third kappa shape index (κ3) is 5.24. The molecule has 1 aliphatic rings. The van der Waals surface area contributed by atoms with Crippen LogP contribution in [0.15, 0.2) is 47.4 Å². The van der Waals surface area contributed by atoms with Gasteiger partial charge in [0.05, 0.1) is 0 Å². The average Bonchev–Trinajstić information content (AvgIpc) is 2.63. The first-order valence-electron chi connectivity index (χ1n) is 8.42. The topological polar surface area (TPSA) is 32.3 Å². The Morgan fingerprint density at radius 2 is 1.88 bits per heavy atom. The Balaban J connectivity index is 0.00000225. The molecule has 1 heterocycles. The van der Waals surface area contributed by atoms with E-state index in [1.165, 1.54) is 21.6 Å². The Bertz CT molecular complexity index is 729. The van der Waals surface area contributed by atoms with Crippen LogP contribution in [0.25, 0.3) is 0 Å². The molecule has 5 heteroatoms. The van der Waals surface area contributed by atoms with Crippen molar-refractivity contribution in [3.63, 3.8) is 0 Å². The number of carbonyl (C=O) groups is 1. The lowest BCUT2D eigenvalue weighted by Crippen LogP contribution is -2.46. The molecule has 0 unspecified atom stereocenters. The van der Waals surface area contributed by atoms with E-state index in [0.717, 1.165) is 37.5 Å². The van der Waals surface area contributed by atoms with Gasteiger partial charge in [-0.05, 0) is 43.2 Å². The van der Waals surface area contributed by atoms with E-state index in [1.54, 1.807) is 0 Å². The summed E-state index contributed by atoms with van der Waals surface area (Å²) in [5.41, 5.74) is 4.59. The number of nitrogens with zero attached hydrogens (tertiary/aromatic N) is 1. The number of benzene rings is 2. The molecule has 1 saturated heterocycles. The summed E-state index contributed by atoms with van der Waals surface area (Å²) in [5, 5.41) is 3.28. The number of hydrogen-bond acceptors (Lipinski definition) is 3. The Morgan fingerprint density at radius 1 is 1.12 bits per heavy atom. The molecule has 0 saturated carbocycles. The van der Waals surface area contributed by atoms with E-state index in [4.69, 9.17) is 0 Å². The fourth-order valence-corrected chi connectivity index (χ4v) is 3.94. The van der Waals surface area contributed by atoms with Crippen LogP contribution in [-0.2, 0) is 5.75 Å². The van der Waals surface area contributed by atoms with Gasteiger partial charge in [0.2, 0.25) is 0 Å². The molecular weight excluding hydrogens is 352 g/mol. The van der Waals surface area contributed by atoms with Gasteiger partial charge in [-0.25, -0.2) is 0 Å². The summed E-state index contributed by atoms with van der Waals surface area (Å²) in [4.78, 5) is 15.9. The zero-order valence-corrected chi connectivity index (χ0v) is 16.4. The fraction of sp³-hybridized carbons (Fsp3) is 0.350. The first-order chi connectivity index (χ1) is 11.6. The lowest BCUT2D eigenvalue weighted by molar-refractivity contribution is 0.0735. The van der Waals surface area contributed by atoms with Gasteiger partial charge in [0.25, 0.3) is 5.91 Å². The summed E-state index contributed by atoms with van der Waals surface area (Å²) in [6.45, 7) is 7.62. The predicted octanol–water partition coefficient (Wildman–Crippen LogP) is 4.06. The molecule has 0 aromatic heterocycles. The quantitative estimate of drug-likeness (QED) is 0.816. The average molecular weight is 377 g/mol. The largest absolute Gasteiger partial charge is 0.336 e. The van der Waals surface area contributed by atoms with E-state index >= 15 is 0 Å². The molecule has 0 radical (unpaired) electrons. The van der Waals surface area contributed by atoms with Crippen LogP contribution in [0.1, 0.15) is 27.0 Å². The zero-order chi connectivity index (χ0) is 16.9. The maximum Gasteiger partial charge on any atom is 0.253 e. The van der Waals surface area contributed by atoms with Crippen LogP contribution in [0, 0.1) is 13.8 Å². The number of hydrogen-bond donors (Lipinski definition) is 1. The van der Waals surface area contributed by atoms with E-state index in [2.05, 4.69) is 43.4 Å². The van der Waals surface area contributed by atoms with Crippen molar-refractivity contribution in [3.05, 3.63) is 64.7 Å². The second-order valence-corrected chi connectivity index (χ2v) is 7.32. The second-order valence-electron chi connectivity index (χ2n) is 6.30. The van der Waals surface area contributed by atoms with E-state index < -0.39 is 0 Å². The molecule has 134 valence electrons. The third-order valence-corrected chi connectivity index (χ3v) is 5.54. The highest BCUT2D eigenvalue weighted by molar-refractivity contribution is 7.98. The van der Waals surface area contributed by atoms with Crippen LogP contribution in [-0.4, -0.2) is 37.0 Å². The summed E-state index contributed by atoms with van der Waals surface area (Å²) in [5.74, 6) is 1.03. The Labute approximate surface area is 160 Å². The van der Waals surface area contributed by atoms with E-state index in [9.17, 15) is 4.79 Å². The number of piperazine rings is 1. The predicted molar refractivity (Wildman–Crippen MR) is 108 cm³/mol. The number of rotatable bonds is 4. The summed E-state index contributed by atoms with van der Waals surface area (Å²) in [6.07, 6.45) is 0. The van der Waals surface area contributed by atoms with Crippen molar-refractivity contribution in [2.24, 2.45) is 0 Å². The maximum atomic E-state index is 12.6. The minimum Gasteiger partial charge on any atom is -0.336 e. The summed E-state index contributed by atoms with van der Waals surface area (Å²) in [7, 11) is 0. The Hall–Kier alpha value is -1.49. The Kier molecular flexibility index (Phi) is 7.36. The van der Waals surface area contributed by atoms with Crippen LogP contribution < -0.4 is 5.32 Å². The van der Waals surface area contributed by atoms with E-state index in [-0.39, 0.29) is 18.3 Å². The highest BCUT2D eigenvalue weighted by Crippen LogP contribution is 2.27. The molecule has 1 aliphatic heterocycles. The molecule has 2 aromatic carbocycles. The molecule has 1 N–H and O–H groups in total. The molecular formula is C20H25ClN2OS. The van der Waals surface area contributed by atoms with Crippen LogP contribution in [0.4, 0.5) is 0 Å². The summed E-state index contributed by atoms with van der Waals surface area (Å²) < 4.78 is 0. The standard InChI is InChI=1S/C20H24N2OS.ClH/c1-15-6-7-16(2)19(12-15)24-14-17-4-3-5-18(13-17)20(23)22-10-8-21-9-11-22;/h3-7,12-13,21H,8-11,14H2,1-2H3;1H. The number of aryl methyl sites for hydroxylation is 2. The molecule has 25 heavy (non-hydrogen) atoms. The van der Waals surface area contributed by atoms with Crippen molar-refractivity contribution < 1.29 is 4.79 Å². The smallest absolute Gasteiger partial charge is 0.253 e. The van der Waals surface area contributed by atoms with Crippen molar-refractivity contribution in [3.8, 4) is 0 Å². The zero-order valence-electron chi connectivity index (χ0n) is 14.7. The normalized spacial score (nSPS) is 14.1. The SMILES string of the molecule is Cc1ccc(C)c(SCc2cccc(C(=O)N3CCNCC3)c2)c1.Cl. The van der Waals surface area contributed by atoms with Gasteiger partial charge < -0.3 is 10.2 Å². The van der Waals surface area contributed by atoms with Gasteiger partial charge in [-0.15, -0.1) is 24.2 Å². The van der Waals surface area contributed by atoms with Gasteiger partial charge in [-0.3, -0.25) is 4.79 Å². The summed E-state index contributed by atoms with van der Waals surface area (Å²) >= 11 is 1.84. The number of thioether (sulfide) groups is 1. The van der Waals surface area contributed by atoms with Crippen LogP contribution in [0.2, 0.25) is 0 Å². The molecule has 3 nitrogen and oxygen atoms in total. The van der Waals surface area contributed by atoms with Gasteiger partial charge in [0, 0.05) is 42.4 Å². The Morgan fingerprint density at radius 3 is 2.64 bits per heavy atom. The lowest BCUT2D eigenvalue weighted by Gasteiger charge is -2.27. The van der Waals surface area contributed by atoms with Gasteiger partial charge in [-0.2, -0.15) is 0 Å². The first-order valence-corrected chi connectivity index (χ1v) is 9.41. The van der Waals surface area contributed by atoms with Gasteiger partial charge in [-0.1, -0.05) is 29.8 Å². The lowest BCUT2D eigenvalue weighted by atomic mass is 10.1. The highest BCUT2D eigenvalue weighted by Gasteiger charge is 2.17. The van der Waals surface area contributed by atoms with Crippen molar-refractivity contribution in [2.45, 2.75) is 24.5 Å². The van der Waals surface area contributed by atoms with Crippen molar-refractivity contribution in [2.75, 3.05) is 26.2 Å². The molecule has 0 aliphatic carbocycles. The van der Waals surface area contributed by atoms with Crippen molar-refractivity contribution in [1.82, 2.24) is 10.2 Å². The number of carbonyl (C=O) groups excluding carboxylic acids is 1. The molecule has 1 amide bonds.